The molecule has 0 saturated heterocycles. The Morgan fingerprint density at radius 1 is 1.21 bits per heavy atom. The normalized spacial score (nSPS) is 19.1. The molecular formula is C26H32N2O6. The zero-order valence-electron chi connectivity index (χ0n) is 19.9. The number of hydrogen-bond acceptors (Lipinski definition) is 7. The van der Waals surface area contributed by atoms with Crippen molar-refractivity contribution in [1.82, 2.24) is 5.32 Å². The van der Waals surface area contributed by atoms with Crippen LogP contribution in [-0.4, -0.2) is 56.0 Å². The molecule has 0 saturated carbocycles. The van der Waals surface area contributed by atoms with Gasteiger partial charge >= 0.3 is 0 Å². The van der Waals surface area contributed by atoms with Crippen LogP contribution in [0.4, 0.5) is 0 Å². The fourth-order valence-electron chi connectivity index (χ4n) is 3.73. The number of rotatable bonds is 12. The minimum Gasteiger partial charge on any atom is -0.494 e. The maximum atomic E-state index is 13.4. The molecule has 0 aromatic heterocycles. The molecule has 182 valence electrons. The van der Waals surface area contributed by atoms with Crippen LogP contribution in [0.2, 0.25) is 0 Å². The van der Waals surface area contributed by atoms with Crippen molar-refractivity contribution < 1.29 is 28.8 Å². The molecule has 1 heterocycles. The van der Waals surface area contributed by atoms with E-state index in [9.17, 15) is 4.79 Å². The largest absolute Gasteiger partial charge is 0.494 e. The van der Waals surface area contributed by atoms with Gasteiger partial charge in [-0.25, -0.2) is 4.99 Å². The van der Waals surface area contributed by atoms with Gasteiger partial charge in [0, 0.05) is 31.6 Å². The molecule has 0 unspecified atom stereocenters. The number of benzene rings is 2. The molecule has 2 aromatic carbocycles. The molecule has 2 aromatic rings. The van der Waals surface area contributed by atoms with Crippen molar-refractivity contribution in [2.45, 2.75) is 38.0 Å². The third kappa shape index (κ3) is 5.51. The van der Waals surface area contributed by atoms with E-state index in [2.05, 4.69) is 11.9 Å². The van der Waals surface area contributed by atoms with E-state index in [0.29, 0.717) is 49.1 Å². The molecule has 8 heteroatoms. The van der Waals surface area contributed by atoms with Gasteiger partial charge in [-0.15, -0.1) is 6.58 Å². The number of ether oxygens (including phenoxy) is 4. The molecule has 1 aliphatic heterocycles. The van der Waals surface area contributed by atoms with Crippen molar-refractivity contribution in [3.05, 3.63) is 66.2 Å². The van der Waals surface area contributed by atoms with Crippen molar-refractivity contribution in [3.63, 3.8) is 0 Å². The van der Waals surface area contributed by atoms with E-state index < -0.39 is 11.6 Å². The average Bonchev–Trinajstić information content (AvgIpc) is 3.20. The number of aliphatic hydroxyl groups excluding tert-OH is 1. The van der Waals surface area contributed by atoms with E-state index in [0.717, 1.165) is 11.1 Å². The van der Waals surface area contributed by atoms with Gasteiger partial charge in [0.1, 0.15) is 11.9 Å². The summed E-state index contributed by atoms with van der Waals surface area (Å²) in [5.41, 5.74) is 0.497. The fourth-order valence-corrected chi connectivity index (χ4v) is 3.73. The monoisotopic (exact) mass is 468 g/mol. The zero-order valence-corrected chi connectivity index (χ0v) is 19.9. The standard InChI is InChI=1S/C26H32N2O6/c1-5-13-26(25(30)27-17-19-7-12-22(31-3)23(16-19)32-4)18(2)34-24(28-26)20-8-10-21(11-9-20)33-15-6-14-29/h5,7-12,16,18,29H,1,6,13-15,17H2,2-4H3,(H,27,30)/t18-,26-/m1/s1. The Bertz CT molecular complexity index is 1020. The van der Waals surface area contributed by atoms with Crippen LogP contribution < -0.4 is 19.5 Å². The number of aliphatic imine (C=N–C) groups is 1. The van der Waals surface area contributed by atoms with Gasteiger partial charge in [0.2, 0.25) is 5.90 Å². The smallest absolute Gasteiger partial charge is 0.252 e. The summed E-state index contributed by atoms with van der Waals surface area (Å²) in [4.78, 5) is 18.1. The first-order chi connectivity index (χ1) is 16.5. The summed E-state index contributed by atoms with van der Waals surface area (Å²) in [7, 11) is 3.15. The molecule has 8 nitrogen and oxygen atoms in total. The lowest BCUT2D eigenvalue weighted by Crippen LogP contribution is -2.50. The van der Waals surface area contributed by atoms with Gasteiger partial charge in [0.05, 0.1) is 20.8 Å². The molecule has 3 rings (SSSR count). The fraction of sp³-hybridized carbons (Fsp3) is 0.385. The number of nitrogens with zero attached hydrogens (tertiary/aromatic N) is 1. The van der Waals surface area contributed by atoms with Gasteiger partial charge in [-0.3, -0.25) is 4.79 Å². The molecule has 1 amide bonds. The third-order valence-electron chi connectivity index (χ3n) is 5.68. The minimum absolute atomic E-state index is 0.0834. The predicted molar refractivity (Wildman–Crippen MR) is 130 cm³/mol. The van der Waals surface area contributed by atoms with E-state index in [4.69, 9.17) is 29.0 Å². The first kappa shape index (κ1) is 25.1. The maximum absolute atomic E-state index is 13.4. The van der Waals surface area contributed by atoms with E-state index >= 15 is 0 Å². The third-order valence-corrected chi connectivity index (χ3v) is 5.68. The minimum atomic E-state index is -1.12. The highest BCUT2D eigenvalue weighted by Crippen LogP contribution is 2.33. The van der Waals surface area contributed by atoms with Crippen LogP contribution >= 0.6 is 0 Å². The van der Waals surface area contributed by atoms with Crippen LogP contribution in [0.5, 0.6) is 17.2 Å². The number of carbonyl (C=O) groups excluding carboxylic acids is 1. The van der Waals surface area contributed by atoms with Crippen molar-refractivity contribution >= 4 is 11.8 Å². The lowest BCUT2D eigenvalue weighted by Gasteiger charge is -2.27. The van der Waals surface area contributed by atoms with Crippen LogP contribution in [-0.2, 0) is 16.1 Å². The summed E-state index contributed by atoms with van der Waals surface area (Å²) < 4.78 is 22.2. The van der Waals surface area contributed by atoms with Crippen LogP contribution in [0, 0.1) is 0 Å². The van der Waals surface area contributed by atoms with Crippen LogP contribution in [0.25, 0.3) is 0 Å². The number of hydrogen-bond donors (Lipinski definition) is 2. The second-order valence-corrected chi connectivity index (χ2v) is 7.92. The highest BCUT2D eigenvalue weighted by Gasteiger charge is 2.49. The molecule has 34 heavy (non-hydrogen) atoms. The molecule has 0 fully saturated rings. The summed E-state index contributed by atoms with van der Waals surface area (Å²) in [6, 6.07) is 12.8. The van der Waals surface area contributed by atoms with E-state index in [1.54, 1.807) is 26.4 Å². The quantitative estimate of drug-likeness (QED) is 0.367. The molecule has 0 radical (unpaired) electrons. The average molecular weight is 469 g/mol. The van der Waals surface area contributed by atoms with Crippen molar-refractivity contribution in [2.75, 3.05) is 27.4 Å². The maximum Gasteiger partial charge on any atom is 0.252 e. The van der Waals surface area contributed by atoms with E-state index in [1.165, 1.54) is 0 Å². The topological polar surface area (TPSA) is 98.6 Å². The van der Waals surface area contributed by atoms with Crippen LogP contribution in [0.3, 0.4) is 0 Å². The number of aliphatic hydroxyl groups is 1. The van der Waals surface area contributed by atoms with Gasteiger partial charge in [-0.05, 0) is 48.9 Å². The second kappa shape index (κ2) is 11.6. The summed E-state index contributed by atoms with van der Waals surface area (Å²) >= 11 is 0. The molecule has 0 bridgehead atoms. The molecule has 1 aliphatic rings. The summed E-state index contributed by atoms with van der Waals surface area (Å²) in [6.45, 7) is 6.48. The highest BCUT2D eigenvalue weighted by atomic mass is 16.5. The number of amides is 1. The summed E-state index contributed by atoms with van der Waals surface area (Å²) in [5.74, 6) is 2.06. The van der Waals surface area contributed by atoms with Crippen molar-refractivity contribution in [3.8, 4) is 17.2 Å². The van der Waals surface area contributed by atoms with E-state index in [-0.39, 0.29) is 12.5 Å². The molecular weight excluding hydrogens is 436 g/mol. The number of methoxy groups -OCH3 is 2. The Morgan fingerprint density at radius 2 is 1.94 bits per heavy atom. The van der Waals surface area contributed by atoms with Gasteiger partial charge in [0.15, 0.2) is 17.0 Å². The second-order valence-electron chi connectivity index (χ2n) is 7.92. The lowest BCUT2D eigenvalue weighted by atomic mass is 9.89. The Labute approximate surface area is 200 Å². The summed E-state index contributed by atoms with van der Waals surface area (Å²) in [5, 5.41) is 11.9. The van der Waals surface area contributed by atoms with Gasteiger partial charge in [-0.2, -0.15) is 0 Å². The van der Waals surface area contributed by atoms with Gasteiger partial charge in [-0.1, -0.05) is 12.1 Å². The molecule has 2 N–H and O–H groups in total. The number of nitrogens with one attached hydrogen (secondary N) is 1. The Morgan fingerprint density at radius 3 is 2.59 bits per heavy atom. The van der Waals surface area contributed by atoms with Crippen molar-refractivity contribution in [1.29, 1.82) is 0 Å². The molecule has 2 atom stereocenters. The SMILES string of the molecule is C=CC[C@@]1(C(=O)NCc2ccc(OC)c(OC)c2)N=C(c2ccc(OCCCO)cc2)O[C@@H]1C. The first-order valence-corrected chi connectivity index (χ1v) is 11.2. The van der Waals surface area contributed by atoms with Gasteiger partial charge < -0.3 is 29.4 Å². The summed E-state index contributed by atoms with van der Waals surface area (Å²) in [6.07, 6.45) is 2.10. The zero-order chi connectivity index (χ0) is 24.6. The Balaban J connectivity index is 1.76. The Kier molecular flexibility index (Phi) is 8.54. The first-order valence-electron chi connectivity index (χ1n) is 11.2. The Hall–Kier alpha value is -3.52. The van der Waals surface area contributed by atoms with Crippen LogP contribution in [0.1, 0.15) is 30.9 Å². The lowest BCUT2D eigenvalue weighted by molar-refractivity contribution is -0.128. The molecule has 0 spiro atoms. The highest BCUT2D eigenvalue weighted by molar-refractivity contribution is 6.00. The number of carbonyl (C=O) groups is 1. The predicted octanol–water partition coefficient (Wildman–Crippen LogP) is 3.26. The van der Waals surface area contributed by atoms with Crippen LogP contribution in [0.15, 0.2) is 60.1 Å². The van der Waals surface area contributed by atoms with E-state index in [1.807, 2.05) is 43.3 Å². The van der Waals surface area contributed by atoms with Gasteiger partial charge in [0.25, 0.3) is 5.91 Å². The van der Waals surface area contributed by atoms with Crippen molar-refractivity contribution in [2.24, 2.45) is 4.99 Å². The molecule has 0 aliphatic carbocycles.